The van der Waals surface area contributed by atoms with Crippen LogP contribution < -0.4 is 5.73 Å². The van der Waals surface area contributed by atoms with Crippen LogP contribution in [0.1, 0.15) is 27.2 Å². The molecule has 3 heteroatoms. The van der Waals surface area contributed by atoms with Gasteiger partial charge in [0, 0.05) is 5.54 Å². The Morgan fingerprint density at radius 1 is 1.64 bits per heavy atom. The van der Waals surface area contributed by atoms with Crippen LogP contribution >= 0.6 is 0 Å². The fraction of sp³-hybridized carbons (Fsp3) is 0.875. The number of rotatable bonds is 3. The van der Waals surface area contributed by atoms with E-state index in [1.54, 1.807) is 0 Å². The van der Waals surface area contributed by atoms with E-state index in [1.165, 1.54) is 7.11 Å². The Hall–Kier alpha value is -0.570. The van der Waals surface area contributed by atoms with Gasteiger partial charge < -0.3 is 10.5 Å². The highest BCUT2D eigenvalue weighted by Crippen LogP contribution is 2.17. The zero-order valence-corrected chi connectivity index (χ0v) is 7.68. The quantitative estimate of drug-likeness (QED) is 0.623. The first kappa shape index (κ1) is 10.4. The maximum Gasteiger partial charge on any atom is 0.307 e. The van der Waals surface area contributed by atoms with Crippen LogP contribution in [0.15, 0.2) is 0 Å². The highest BCUT2D eigenvalue weighted by Gasteiger charge is 2.26. The summed E-state index contributed by atoms with van der Waals surface area (Å²) >= 11 is 0. The van der Waals surface area contributed by atoms with E-state index in [0.717, 1.165) is 0 Å². The van der Waals surface area contributed by atoms with Crippen LogP contribution in [0.2, 0.25) is 0 Å². The molecule has 0 unspecified atom stereocenters. The number of carbonyl (C=O) groups excluding carboxylic acids is 1. The molecule has 66 valence electrons. The van der Waals surface area contributed by atoms with E-state index in [-0.39, 0.29) is 18.3 Å². The lowest BCUT2D eigenvalue weighted by Crippen LogP contribution is -2.43. The first-order valence-electron chi connectivity index (χ1n) is 3.76. The molecule has 11 heavy (non-hydrogen) atoms. The molecule has 0 aromatic carbocycles. The van der Waals surface area contributed by atoms with E-state index < -0.39 is 5.54 Å². The summed E-state index contributed by atoms with van der Waals surface area (Å²) in [4.78, 5) is 10.8. The molecule has 0 heterocycles. The predicted molar refractivity (Wildman–Crippen MR) is 44.1 cm³/mol. The third-order valence-electron chi connectivity index (χ3n) is 2.07. The molecule has 0 aliphatic rings. The molecule has 0 saturated carbocycles. The topological polar surface area (TPSA) is 52.3 Å². The van der Waals surface area contributed by atoms with E-state index in [1.807, 2.05) is 20.8 Å². The molecule has 0 aromatic heterocycles. The monoisotopic (exact) mass is 159 g/mol. The molecule has 0 fully saturated rings. The molecule has 0 aliphatic heterocycles. The highest BCUT2D eigenvalue weighted by atomic mass is 16.5. The van der Waals surface area contributed by atoms with Gasteiger partial charge in [0.15, 0.2) is 0 Å². The Bertz CT molecular complexity index is 141. The van der Waals surface area contributed by atoms with Crippen molar-refractivity contribution in [3.05, 3.63) is 0 Å². The van der Waals surface area contributed by atoms with Crippen molar-refractivity contribution in [2.75, 3.05) is 7.11 Å². The molecule has 2 N–H and O–H groups in total. The van der Waals surface area contributed by atoms with E-state index in [2.05, 4.69) is 4.74 Å². The number of ether oxygens (including phenoxy) is 1. The third kappa shape index (κ3) is 3.37. The molecule has 0 rings (SSSR count). The van der Waals surface area contributed by atoms with Crippen molar-refractivity contribution in [2.45, 2.75) is 32.7 Å². The summed E-state index contributed by atoms with van der Waals surface area (Å²) in [5, 5.41) is 0. The largest absolute Gasteiger partial charge is 0.469 e. The van der Waals surface area contributed by atoms with E-state index >= 15 is 0 Å². The van der Waals surface area contributed by atoms with Crippen molar-refractivity contribution in [3.8, 4) is 0 Å². The van der Waals surface area contributed by atoms with Gasteiger partial charge in [0.25, 0.3) is 0 Å². The maximum atomic E-state index is 10.8. The molecule has 0 aromatic rings. The smallest absolute Gasteiger partial charge is 0.307 e. The molecule has 0 bridgehead atoms. The highest BCUT2D eigenvalue weighted by molar-refractivity contribution is 5.70. The summed E-state index contributed by atoms with van der Waals surface area (Å²) in [6.45, 7) is 5.83. The van der Waals surface area contributed by atoms with Crippen molar-refractivity contribution in [3.63, 3.8) is 0 Å². The zero-order valence-electron chi connectivity index (χ0n) is 7.68. The van der Waals surface area contributed by atoms with E-state index in [9.17, 15) is 4.79 Å². The van der Waals surface area contributed by atoms with Gasteiger partial charge in [-0.3, -0.25) is 4.79 Å². The average molecular weight is 159 g/mol. The first-order valence-corrected chi connectivity index (χ1v) is 3.76. The number of esters is 1. The normalized spacial score (nSPS) is 16.2. The summed E-state index contributed by atoms with van der Waals surface area (Å²) in [5.41, 5.74) is 5.38. The summed E-state index contributed by atoms with van der Waals surface area (Å²) in [6.07, 6.45) is 0.279. The SMILES string of the molecule is COC(=O)C[C@@](C)(N)C(C)C. The molecule has 0 aliphatic carbocycles. The van der Waals surface area contributed by atoms with Crippen LogP contribution in [0, 0.1) is 5.92 Å². The summed E-state index contributed by atoms with van der Waals surface area (Å²) < 4.78 is 4.52. The Balaban J connectivity index is 4.01. The number of carbonyl (C=O) groups is 1. The Morgan fingerprint density at radius 3 is 2.36 bits per heavy atom. The van der Waals surface area contributed by atoms with Gasteiger partial charge in [-0.1, -0.05) is 13.8 Å². The molecule has 1 atom stereocenters. The van der Waals surface area contributed by atoms with Crippen molar-refractivity contribution in [2.24, 2.45) is 11.7 Å². The fourth-order valence-electron chi connectivity index (χ4n) is 0.587. The van der Waals surface area contributed by atoms with Crippen molar-refractivity contribution in [1.82, 2.24) is 0 Å². The molecule has 0 saturated heterocycles. The molecule has 3 nitrogen and oxygen atoms in total. The third-order valence-corrected chi connectivity index (χ3v) is 2.07. The summed E-state index contributed by atoms with van der Waals surface area (Å²) in [7, 11) is 1.37. The minimum atomic E-state index is -0.451. The Morgan fingerprint density at radius 2 is 2.09 bits per heavy atom. The maximum absolute atomic E-state index is 10.8. The van der Waals surface area contributed by atoms with E-state index in [4.69, 9.17) is 5.73 Å². The standard InChI is InChI=1S/C8H17NO2/c1-6(2)8(3,9)5-7(10)11-4/h6H,5,9H2,1-4H3/t8-/m1/s1. The minimum absolute atomic E-state index is 0.247. The predicted octanol–water partition coefficient (Wildman–Crippen LogP) is 0.923. The number of hydrogen-bond acceptors (Lipinski definition) is 3. The molecule has 0 amide bonds. The number of methoxy groups -OCH3 is 1. The van der Waals surface area contributed by atoms with Gasteiger partial charge in [0.1, 0.15) is 0 Å². The van der Waals surface area contributed by atoms with Gasteiger partial charge >= 0.3 is 5.97 Å². The number of nitrogens with two attached hydrogens (primary N) is 1. The lowest BCUT2D eigenvalue weighted by atomic mass is 9.86. The van der Waals surface area contributed by atoms with Gasteiger partial charge in [-0.25, -0.2) is 0 Å². The molecular weight excluding hydrogens is 142 g/mol. The summed E-state index contributed by atoms with van der Waals surface area (Å²) in [6, 6.07) is 0. The van der Waals surface area contributed by atoms with Gasteiger partial charge in [0.05, 0.1) is 13.5 Å². The van der Waals surface area contributed by atoms with Crippen LogP contribution in [0.5, 0.6) is 0 Å². The molecule has 0 spiro atoms. The van der Waals surface area contributed by atoms with Crippen LogP contribution in [0.3, 0.4) is 0 Å². The van der Waals surface area contributed by atoms with Crippen molar-refractivity contribution < 1.29 is 9.53 Å². The number of hydrogen-bond donors (Lipinski definition) is 1. The van der Waals surface area contributed by atoms with Crippen LogP contribution in [-0.2, 0) is 9.53 Å². The fourth-order valence-corrected chi connectivity index (χ4v) is 0.587. The minimum Gasteiger partial charge on any atom is -0.469 e. The molecule has 0 radical (unpaired) electrons. The second kappa shape index (κ2) is 3.72. The second-order valence-corrected chi connectivity index (χ2v) is 3.41. The lowest BCUT2D eigenvalue weighted by molar-refractivity contribution is -0.142. The molecular formula is C8H17NO2. The lowest BCUT2D eigenvalue weighted by Gasteiger charge is -2.27. The Kier molecular flexibility index (Phi) is 3.52. The van der Waals surface area contributed by atoms with Gasteiger partial charge in [-0.15, -0.1) is 0 Å². The second-order valence-electron chi connectivity index (χ2n) is 3.41. The Labute approximate surface area is 67.9 Å². The van der Waals surface area contributed by atoms with Crippen LogP contribution in [-0.4, -0.2) is 18.6 Å². The van der Waals surface area contributed by atoms with Crippen LogP contribution in [0.4, 0.5) is 0 Å². The van der Waals surface area contributed by atoms with E-state index in [0.29, 0.717) is 0 Å². The van der Waals surface area contributed by atoms with Crippen molar-refractivity contribution in [1.29, 1.82) is 0 Å². The van der Waals surface area contributed by atoms with Crippen molar-refractivity contribution >= 4 is 5.97 Å². The first-order chi connectivity index (χ1) is 4.90. The van der Waals surface area contributed by atoms with Crippen LogP contribution in [0.25, 0.3) is 0 Å². The van der Waals surface area contributed by atoms with Gasteiger partial charge in [-0.2, -0.15) is 0 Å². The van der Waals surface area contributed by atoms with Gasteiger partial charge in [0.2, 0.25) is 0 Å². The van der Waals surface area contributed by atoms with Gasteiger partial charge in [-0.05, 0) is 12.8 Å². The zero-order chi connectivity index (χ0) is 9.07. The average Bonchev–Trinajstić information content (AvgIpc) is 1.86. The summed E-state index contributed by atoms with van der Waals surface area (Å²) in [5.74, 6) is 0.0327.